The molecule has 0 aliphatic heterocycles. The van der Waals surface area contributed by atoms with Gasteiger partial charge in [-0.25, -0.2) is 13.2 Å². The molecule has 2 aromatic rings. The third-order valence-corrected chi connectivity index (χ3v) is 4.63. The molecule has 0 bridgehead atoms. The van der Waals surface area contributed by atoms with E-state index in [0.29, 0.717) is 17.9 Å². The topological polar surface area (TPSA) is 110 Å². The molecule has 8 heteroatoms. The van der Waals surface area contributed by atoms with Crippen molar-refractivity contribution in [2.75, 3.05) is 11.3 Å². The van der Waals surface area contributed by atoms with Crippen LogP contribution in [-0.4, -0.2) is 32.1 Å². The van der Waals surface area contributed by atoms with Gasteiger partial charge in [-0.15, -0.1) is 0 Å². The summed E-state index contributed by atoms with van der Waals surface area (Å²) in [7, 11) is -3.92. The second kappa shape index (κ2) is 7.80. The maximum atomic E-state index is 12.3. The van der Waals surface area contributed by atoms with Gasteiger partial charge in [-0.2, -0.15) is 0 Å². The lowest BCUT2D eigenvalue weighted by molar-refractivity contribution is -0.142. The van der Waals surface area contributed by atoms with Gasteiger partial charge in [-0.1, -0.05) is 18.2 Å². The molecule has 2 rings (SSSR count). The highest BCUT2D eigenvalue weighted by atomic mass is 32.2. The molecule has 0 amide bonds. The summed E-state index contributed by atoms with van der Waals surface area (Å²) in [5, 5.41) is 8.95. The van der Waals surface area contributed by atoms with Gasteiger partial charge in [0.05, 0.1) is 23.5 Å². The number of esters is 1. The molecule has 0 spiro atoms. The number of hydrogen-bond donors (Lipinski definition) is 2. The summed E-state index contributed by atoms with van der Waals surface area (Å²) in [6.45, 7) is 2.02. The summed E-state index contributed by atoms with van der Waals surface area (Å²) < 4.78 is 31.9. The molecule has 2 N–H and O–H groups in total. The van der Waals surface area contributed by atoms with Gasteiger partial charge in [0, 0.05) is 5.69 Å². The summed E-state index contributed by atoms with van der Waals surface area (Å²) in [5.74, 6) is -1.57. The van der Waals surface area contributed by atoms with E-state index in [9.17, 15) is 18.0 Å². The molecule has 0 atom stereocenters. The van der Waals surface area contributed by atoms with Gasteiger partial charge in [0.1, 0.15) is 0 Å². The standard InChI is InChI=1S/C17H17NO6S/c1-2-24-16(19)10-12-6-8-14(9-7-12)18-25(22,23)15-5-3-4-13(11-15)17(20)21/h3-9,11,18H,2,10H2,1H3,(H,20,21). The van der Waals surface area contributed by atoms with Crippen molar-refractivity contribution in [1.82, 2.24) is 0 Å². The van der Waals surface area contributed by atoms with Gasteiger partial charge in [-0.3, -0.25) is 9.52 Å². The molecule has 0 aliphatic carbocycles. The summed E-state index contributed by atoms with van der Waals surface area (Å²) >= 11 is 0. The Hall–Kier alpha value is -2.87. The van der Waals surface area contributed by atoms with E-state index in [1.54, 1.807) is 19.1 Å². The minimum Gasteiger partial charge on any atom is -0.478 e. The zero-order valence-corrected chi connectivity index (χ0v) is 14.2. The van der Waals surface area contributed by atoms with E-state index in [-0.39, 0.29) is 22.8 Å². The Balaban J connectivity index is 2.14. The number of benzene rings is 2. The van der Waals surface area contributed by atoms with Crippen LogP contribution in [0.5, 0.6) is 0 Å². The van der Waals surface area contributed by atoms with E-state index < -0.39 is 16.0 Å². The van der Waals surface area contributed by atoms with Crippen LogP contribution in [0.3, 0.4) is 0 Å². The smallest absolute Gasteiger partial charge is 0.335 e. The van der Waals surface area contributed by atoms with Crippen LogP contribution in [0.25, 0.3) is 0 Å². The van der Waals surface area contributed by atoms with E-state index in [1.165, 1.54) is 30.3 Å². The van der Waals surface area contributed by atoms with Crippen LogP contribution in [-0.2, 0) is 26.0 Å². The zero-order chi connectivity index (χ0) is 18.4. The number of carboxylic acid groups (broad SMARTS) is 1. The Labute approximate surface area is 145 Å². The number of rotatable bonds is 7. The number of sulfonamides is 1. The van der Waals surface area contributed by atoms with Crippen LogP contribution in [0.2, 0.25) is 0 Å². The van der Waals surface area contributed by atoms with Crippen molar-refractivity contribution in [1.29, 1.82) is 0 Å². The van der Waals surface area contributed by atoms with Crippen LogP contribution in [0.4, 0.5) is 5.69 Å². The number of anilines is 1. The Morgan fingerprint density at radius 3 is 2.40 bits per heavy atom. The monoisotopic (exact) mass is 363 g/mol. The fraction of sp³-hybridized carbons (Fsp3) is 0.176. The highest BCUT2D eigenvalue weighted by molar-refractivity contribution is 7.92. The third kappa shape index (κ3) is 5.05. The van der Waals surface area contributed by atoms with Crippen LogP contribution >= 0.6 is 0 Å². The second-order valence-corrected chi connectivity index (χ2v) is 6.80. The van der Waals surface area contributed by atoms with Crippen molar-refractivity contribution >= 4 is 27.6 Å². The minimum atomic E-state index is -3.92. The van der Waals surface area contributed by atoms with E-state index >= 15 is 0 Å². The average molecular weight is 363 g/mol. The van der Waals surface area contributed by atoms with Crippen molar-refractivity contribution in [3.63, 3.8) is 0 Å². The number of nitrogens with one attached hydrogen (secondary N) is 1. The van der Waals surface area contributed by atoms with Gasteiger partial charge in [-0.05, 0) is 42.8 Å². The molecule has 0 aromatic heterocycles. The van der Waals surface area contributed by atoms with Crippen molar-refractivity contribution in [2.45, 2.75) is 18.2 Å². The summed E-state index contributed by atoms with van der Waals surface area (Å²) in [5.41, 5.74) is 0.871. The van der Waals surface area contributed by atoms with E-state index in [4.69, 9.17) is 9.84 Å². The quantitative estimate of drug-likeness (QED) is 0.731. The highest BCUT2D eigenvalue weighted by Crippen LogP contribution is 2.18. The lowest BCUT2D eigenvalue weighted by Crippen LogP contribution is -2.14. The lowest BCUT2D eigenvalue weighted by Gasteiger charge is -2.09. The average Bonchev–Trinajstić information content (AvgIpc) is 2.57. The van der Waals surface area contributed by atoms with Crippen molar-refractivity contribution < 1.29 is 27.9 Å². The van der Waals surface area contributed by atoms with Crippen molar-refractivity contribution in [2.24, 2.45) is 0 Å². The predicted octanol–water partition coefficient (Wildman–Crippen LogP) is 2.29. The molecular weight excluding hydrogens is 346 g/mol. The van der Waals surface area contributed by atoms with Gasteiger partial charge in [0.15, 0.2) is 0 Å². The minimum absolute atomic E-state index is 0.0987. The first kappa shape index (κ1) is 18.5. The molecule has 7 nitrogen and oxygen atoms in total. The SMILES string of the molecule is CCOC(=O)Cc1ccc(NS(=O)(=O)c2cccc(C(=O)O)c2)cc1. The van der Waals surface area contributed by atoms with E-state index in [0.717, 1.165) is 6.07 Å². The molecule has 0 radical (unpaired) electrons. The summed E-state index contributed by atoms with van der Waals surface area (Å²) in [6.07, 6.45) is 0.0987. The second-order valence-electron chi connectivity index (χ2n) is 5.12. The lowest BCUT2D eigenvalue weighted by atomic mass is 10.1. The Bertz CT molecular complexity index is 874. The molecule has 0 fully saturated rings. The van der Waals surface area contributed by atoms with Crippen molar-refractivity contribution in [3.8, 4) is 0 Å². The first-order valence-corrected chi connectivity index (χ1v) is 8.91. The number of carboxylic acids is 1. The molecule has 2 aromatic carbocycles. The molecule has 0 aliphatic rings. The van der Waals surface area contributed by atoms with E-state index in [1.807, 2.05) is 0 Å². The summed E-state index contributed by atoms with van der Waals surface area (Å²) in [4.78, 5) is 22.2. The van der Waals surface area contributed by atoms with Crippen molar-refractivity contribution in [3.05, 3.63) is 59.7 Å². The molecule has 25 heavy (non-hydrogen) atoms. The molecule has 0 heterocycles. The zero-order valence-electron chi connectivity index (χ0n) is 13.4. The Morgan fingerprint density at radius 2 is 1.80 bits per heavy atom. The number of aromatic carboxylic acids is 1. The number of ether oxygens (including phenoxy) is 1. The number of hydrogen-bond acceptors (Lipinski definition) is 5. The fourth-order valence-electron chi connectivity index (χ4n) is 2.08. The molecular formula is C17H17NO6S. The normalized spacial score (nSPS) is 10.9. The number of carbonyl (C=O) groups is 2. The molecule has 0 saturated heterocycles. The Kier molecular flexibility index (Phi) is 5.76. The van der Waals surface area contributed by atoms with Gasteiger partial charge >= 0.3 is 11.9 Å². The van der Waals surface area contributed by atoms with E-state index in [2.05, 4.69) is 4.72 Å². The fourth-order valence-corrected chi connectivity index (χ4v) is 3.18. The first-order chi connectivity index (χ1) is 11.8. The maximum Gasteiger partial charge on any atom is 0.335 e. The number of carbonyl (C=O) groups excluding carboxylic acids is 1. The third-order valence-electron chi connectivity index (χ3n) is 3.25. The van der Waals surface area contributed by atoms with Gasteiger partial charge < -0.3 is 9.84 Å². The van der Waals surface area contributed by atoms with Crippen LogP contribution in [0, 0.1) is 0 Å². The van der Waals surface area contributed by atoms with Crippen LogP contribution in [0.15, 0.2) is 53.4 Å². The predicted molar refractivity (Wildman–Crippen MR) is 91.0 cm³/mol. The van der Waals surface area contributed by atoms with Crippen LogP contribution < -0.4 is 4.72 Å². The largest absolute Gasteiger partial charge is 0.478 e. The maximum absolute atomic E-state index is 12.3. The van der Waals surface area contributed by atoms with Gasteiger partial charge in [0.25, 0.3) is 10.0 Å². The summed E-state index contributed by atoms with van der Waals surface area (Å²) in [6, 6.07) is 11.3. The van der Waals surface area contributed by atoms with Crippen LogP contribution in [0.1, 0.15) is 22.8 Å². The highest BCUT2D eigenvalue weighted by Gasteiger charge is 2.16. The molecule has 0 saturated carbocycles. The van der Waals surface area contributed by atoms with Gasteiger partial charge in [0.2, 0.25) is 0 Å². The first-order valence-electron chi connectivity index (χ1n) is 7.42. The molecule has 0 unspecified atom stereocenters. The molecule has 132 valence electrons. The Morgan fingerprint density at radius 1 is 1.12 bits per heavy atom.